The smallest absolute Gasteiger partial charge is 0.262 e. The first kappa shape index (κ1) is 23.4. The third-order valence-corrected chi connectivity index (χ3v) is 7.13. The Labute approximate surface area is 206 Å². The van der Waals surface area contributed by atoms with Crippen molar-refractivity contribution in [2.45, 2.75) is 63.2 Å². The molecule has 0 spiro atoms. The summed E-state index contributed by atoms with van der Waals surface area (Å²) in [7, 11) is 0. The molecule has 3 N–H and O–H groups in total. The molecule has 1 atom stereocenters. The van der Waals surface area contributed by atoms with Gasteiger partial charge in [-0.1, -0.05) is 6.07 Å². The zero-order chi connectivity index (χ0) is 24.7. The average molecular weight is 497 g/mol. The zero-order valence-corrected chi connectivity index (χ0v) is 19.7. The molecule has 2 fully saturated rings. The van der Waals surface area contributed by atoms with E-state index in [1.165, 1.54) is 0 Å². The van der Waals surface area contributed by atoms with Gasteiger partial charge in [-0.05, 0) is 67.5 Å². The van der Waals surface area contributed by atoms with Gasteiger partial charge in [0.25, 0.3) is 11.8 Å². The van der Waals surface area contributed by atoms with Gasteiger partial charge in [-0.25, -0.2) is 9.97 Å². The van der Waals surface area contributed by atoms with Crippen LogP contribution in [0.3, 0.4) is 0 Å². The maximum absolute atomic E-state index is 13.2. The summed E-state index contributed by atoms with van der Waals surface area (Å²) in [5, 5.41) is 2.36. The summed E-state index contributed by atoms with van der Waals surface area (Å²) in [4.78, 5) is 61.5. The number of anilines is 1. The number of amides is 4. The molecule has 1 aliphatic carbocycles. The number of hydrogen-bond acceptors (Lipinski definition) is 8. The molecule has 3 aliphatic rings. The lowest BCUT2D eigenvalue weighted by Gasteiger charge is -2.37. The van der Waals surface area contributed by atoms with E-state index >= 15 is 0 Å². The van der Waals surface area contributed by atoms with Crippen LogP contribution >= 0.6 is 11.6 Å². The number of halogens is 1. The molecule has 2 aromatic rings. The van der Waals surface area contributed by atoms with Crippen molar-refractivity contribution in [2.24, 2.45) is 5.73 Å². The Bertz CT molecular complexity index is 1210. The SMILES string of the molecule is NC1CCC(N(Cc2ccc3c(c2)C(=O)N(C2CCC(=O)NC2=O)C3=O)c2ccnc(Cl)n2)CC1. The van der Waals surface area contributed by atoms with Crippen LogP contribution < -0.4 is 16.0 Å². The molecule has 1 saturated heterocycles. The Morgan fingerprint density at radius 1 is 1.03 bits per heavy atom. The Balaban J connectivity index is 1.42. The molecule has 182 valence electrons. The zero-order valence-electron chi connectivity index (χ0n) is 18.9. The number of benzene rings is 1. The molecule has 1 aromatic carbocycles. The van der Waals surface area contributed by atoms with E-state index in [-0.39, 0.29) is 41.3 Å². The number of rotatable bonds is 5. The van der Waals surface area contributed by atoms with Crippen LogP contribution in [0, 0.1) is 0 Å². The van der Waals surface area contributed by atoms with Crippen molar-refractivity contribution >= 4 is 41.0 Å². The van der Waals surface area contributed by atoms with Crippen molar-refractivity contribution in [1.29, 1.82) is 0 Å². The number of aromatic nitrogens is 2. The molecule has 3 heterocycles. The number of carbonyl (C=O) groups excluding carboxylic acids is 4. The van der Waals surface area contributed by atoms with E-state index in [2.05, 4.69) is 20.2 Å². The fraction of sp³-hybridized carbons (Fsp3) is 0.417. The lowest BCUT2D eigenvalue weighted by molar-refractivity contribution is -0.136. The highest BCUT2D eigenvalue weighted by atomic mass is 35.5. The van der Waals surface area contributed by atoms with Gasteiger partial charge in [0.15, 0.2) is 0 Å². The van der Waals surface area contributed by atoms with Crippen LogP contribution in [0.5, 0.6) is 0 Å². The lowest BCUT2D eigenvalue weighted by atomic mass is 9.90. The second-order valence-corrected chi connectivity index (χ2v) is 9.55. The van der Waals surface area contributed by atoms with Crippen LogP contribution in [0.4, 0.5) is 5.82 Å². The van der Waals surface area contributed by atoms with Crippen LogP contribution in [0.25, 0.3) is 0 Å². The monoisotopic (exact) mass is 496 g/mol. The maximum Gasteiger partial charge on any atom is 0.262 e. The molecular weight excluding hydrogens is 472 g/mol. The largest absolute Gasteiger partial charge is 0.349 e. The quantitative estimate of drug-likeness (QED) is 0.472. The van der Waals surface area contributed by atoms with E-state index in [1.54, 1.807) is 24.4 Å². The number of piperidine rings is 1. The molecule has 0 bridgehead atoms. The minimum absolute atomic E-state index is 0.0799. The van der Waals surface area contributed by atoms with Gasteiger partial charge in [-0.3, -0.25) is 29.4 Å². The van der Waals surface area contributed by atoms with Crippen molar-refractivity contribution in [3.05, 3.63) is 52.4 Å². The Kier molecular flexibility index (Phi) is 6.24. The fourth-order valence-corrected chi connectivity index (χ4v) is 5.25. The Morgan fingerprint density at radius 2 is 1.77 bits per heavy atom. The number of nitrogens with one attached hydrogen (secondary N) is 1. The standard InChI is InChI=1S/C24H25ClN6O4/c25-24-27-10-9-19(28-24)30(15-4-2-14(26)3-5-15)12-13-1-6-16-17(11-13)23(35)31(22(16)34)18-7-8-20(32)29-21(18)33/h1,6,9-11,14-15,18H,2-5,7-8,12,26H2,(H,29,32,33). The summed E-state index contributed by atoms with van der Waals surface area (Å²) >= 11 is 6.07. The van der Waals surface area contributed by atoms with Crippen molar-refractivity contribution in [1.82, 2.24) is 20.2 Å². The highest BCUT2D eigenvalue weighted by Gasteiger charge is 2.44. The molecular formula is C24H25ClN6O4. The van der Waals surface area contributed by atoms with Crippen LogP contribution in [0.15, 0.2) is 30.5 Å². The van der Waals surface area contributed by atoms with Gasteiger partial charge in [0.2, 0.25) is 17.1 Å². The van der Waals surface area contributed by atoms with Crippen LogP contribution in [0.2, 0.25) is 5.28 Å². The molecule has 35 heavy (non-hydrogen) atoms. The maximum atomic E-state index is 13.2. The molecule has 5 rings (SSSR count). The summed E-state index contributed by atoms with van der Waals surface area (Å²) in [6.45, 7) is 0.445. The van der Waals surface area contributed by atoms with E-state index in [0.29, 0.717) is 12.4 Å². The summed E-state index contributed by atoms with van der Waals surface area (Å²) in [5.41, 5.74) is 7.43. The summed E-state index contributed by atoms with van der Waals surface area (Å²) in [5.74, 6) is -1.40. The van der Waals surface area contributed by atoms with E-state index in [4.69, 9.17) is 17.3 Å². The van der Waals surface area contributed by atoms with Gasteiger partial charge in [0.05, 0.1) is 11.1 Å². The van der Waals surface area contributed by atoms with Gasteiger partial charge in [-0.15, -0.1) is 0 Å². The molecule has 1 aromatic heterocycles. The first-order chi connectivity index (χ1) is 16.8. The fourth-order valence-electron chi connectivity index (χ4n) is 5.11. The van der Waals surface area contributed by atoms with Gasteiger partial charge in [0, 0.05) is 31.2 Å². The number of imide groups is 2. The summed E-state index contributed by atoms with van der Waals surface area (Å²) < 4.78 is 0. The predicted octanol–water partition coefficient (Wildman–Crippen LogP) is 1.81. The summed E-state index contributed by atoms with van der Waals surface area (Å²) in [6, 6.07) is 6.31. The first-order valence-corrected chi connectivity index (χ1v) is 12.0. The number of carbonyl (C=O) groups is 4. The van der Waals surface area contributed by atoms with Crippen LogP contribution in [-0.2, 0) is 16.1 Å². The highest BCUT2D eigenvalue weighted by Crippen LogP contribution is 2.31. The van der Waals surface area contributed by atoms with E-state index in [9.17, 15) is 19.2 Å². The Morgan fingerprint density at radius 3 is 2.49 bits per heavy atom. The second-order valence-electron chi connectivity index (χ2n) is 9.21. The average Bonchev–Trinajstić information content (AvgIpc) is 3.08. The molecule has 0 radical (unpaired) electrons. The first-order valence-electron chi connectivity index (χ1n) is 11.7. The molecule has 1 saturated carbocycles. The minimum atomic E-state index is -0.991. The van der Waals surface area contributed by atoms with E-state index in [1.807, 2.05) is 6.07 Å². The van der Waals surface area contributed by atoms with Crippen molar-refractivity contribution in [3.63, 3.8) is 0 Å². The minimum Gasteiger partial charge on any atom is -0.349 e. The molecule has 2 aliphatic heterocycles. The van der Waals surface area contributed by atoms with Crippen LogP contribution in [0.1, 0.15) is 64.8 Å². The summed E-state index contributed by atoms with van der Waals surface area (Å²) in [6.07, 6.45) is 5.40. The van der Waals surface area contributed by atoms with Crippen molar-refractivity contribution < 1.29 is 19.2 Å². The Hall–Kier alpha value is -3.37. The number of nitrogens with zero attached hydrogens (tertiary/aromatic N) is 4. The number of fused-ring (bicyclic) bond motifs is 1. The molecule has 1 unspecified atom stereocenters. The van der Waals surface area contributed by atoms with Crippen molar-refractivity contribution in [3.8, 4) is 0 Å². The molecule has 4 amide bonds. The van der Waals surface area contributed by atoms with Crippen LogP contribution in [-0.4, -0.2) is 56.6 Å². The van der Waals surface area contributed by atoms with Gasteiger partial charge >= 0.3 is 0 Å². The van der Waals surface area contributed by atoms with Crippen molar-refractivity contribution in [2.75, 3.05) is 4.90 Å². The van der Waals surface area contributed by atoms with Gasteiger partial charge in [0.1, 0.15) is 11.9 Å². The van der Waals surface area contributed by atoms with Gasteiger partial charge < -0.3 is 10.6 Å². The predicted molar refractivity (Wildman–Crippen MR) is 127 cm³/mol. The third-order valence-electron chi connectivity index (χ3n) is 6.94. The second kappa shape index (κ2) is 9.35. The third kappa shape index (κ3) is 4.51. The lowest BCUT2D eigenvalue weighted by Crippen LogP contribution is -2.54. The van der Waals surface area contributed by atoms with Gasteiger partial charge in [-0.2, -0.15) is 0 Å². The van der Waals surface area contributed by atoms with E-state index in [0.717, 1.165) is 36.1 Å². The van der Waals surface area contributed by atoms with E-state index < -0.39 is 29.7 Å². The number of nitrogens with two attached hydrogens (primary N) is 1. The molecule has 11 heteroatoms. The number of hydrogen-bond donors (Lipinski definition) is 2. The highest BCUT2D eigenvalue weighted by molar-refractivity contribution is 6.28. The molecule has 10 nitrogen and oxygen atoms in total. The topological polar surface area (TPSA) is 139 Å². The normalized spacial score (nSPS) is 24.4.